The molecular formula is C17H20FN3O3S. The van der Waals surface area contributed by atoms with Gasteiger partial charge in [0.05, 0.1) is 5.75 Å². The SMILES string of the molecule is C[C@@H](Oc1ccc(F)cc1)c1nnc(SCC(=O)NC2CCCC2)o1. The van der Waals surface area contributed by atoms with Crippen molar-refractivity contribution in [3.05, 3.63) is 36.0 Å². The number of carbonyl (C=O) groups is 1. The van der Waals surface area contributed by atoms with Crippen molar-refractivity contribution in [3.63, 3.8) is 0 Å². The number of thioether (sulfide) groups is 1. The molecule has 3 rings (SSSR count). The smallest absolute Gasteiger partial charge is 0.277 e. The summed E-state index contributed by atoms with van der Waals surface area (Å²) in [5.74, 6) is 0.714. The first-order valence-corrected chi connectivity index (χ1v) is 9.26. The van der Waals surface area contributed by atoms with Crippen molar-refractivity contribution in [2.75, 3.05) is 5.75 Å². The van der Waals surface area contributed by atoms with Gasteiger partial charge in [-0.2, -0.15) is 0 Å². The summed E-state index contributed by atoms with van der Waals surface area (Å²) in [6.07, 6.45) is 3.99. The average molecular weight is 365 g/mol. The summed E-state index contributed by atoms with van der Waals surface area (Å²) in [6.45, 7) is 1.76. The highest BCUT2D eigenvalue weighted by molar-refractivity contribution is 7.99. The molecular weight excluding hydrogens is 345 g/mol. The van der Waals surface area contributed by atoms with Crippen molar-refractivity contribution in [3.8, 4) is 5.75 Å². The fraction of sp³-hybridized carbons (Fsp3) is 0.471. The molecule has 1 aromatic carbocycles. The lowest BCUT2D eigenvalue weighted by Gasteiger charge is -2.11. The number of aromatic nitrogens is 2. The molecule has 6 nitrogen and oxygen atoms in total. The van der Waals surface area contributed by atoms with Crippen LogP contribution >= 0.6 is 11.8 Å². The minimum absolute atomic E-state index is 0.0211. The summed E-state index contributed by atoms with van der Waals surface area (Å²) in [5.41, 5.74) is 0. The van der Waals surface area contributed by atoms with E-state index in [2.05, 4.69) is 15.5 Å². The Morgan fingerprint density at radius 1 is 1.36 bits per heavy atom. The van der Waals surface area contributed by atoms with Gasteiger partial charge in [0.2, 0.25) is 5.91 Å². The predicted octanol–water partition coefficient (Wildman–Crippen LogP) is 3.50. The minimum Gasteiger partial charge on any atom is -0.481 e. The van der Waals surface area contributed by atoms with E-state index in [0.29, 0.717) is 22.9 Å². The first-order chi connectivity index (χ1) is 12.1. The van der Waals surface area contributed by atoms with Crippen LogP contribution in [0.4, 0.5) is 4.39 Å². The third kappa shape index (κ3) is 5.19. The van der Waals surface area contributed by atoms with Crippen molar-refractivity contribution in [2.45, 2.75) is 50.0 Å². The van der Waals surface area contributed by atoms with Gasteiger partial charge < -0.3 is 14.5 Å². The van der Waals surface area contributed by atoms with Crippen LogP contribution < -0.4 is 10.1 Å². The van der Waals surface area contributed by atoms with Crippen LogP contribution in [0.3, 0.4) is 0 Å². The standard InChI is InChI=1S/C17H20FN3O3S/c1-11(23-14-8-6-12(18)7-9-14)16-20-21-17(24-16)25-10-15(22)19-13-4-2-3-5-13/h6-9,11,13H,2-5,10H2,1H3,(H,19,22)/t11-/m1/s1. The molecule has 0 radical (unpaired) electrons. The van der Waals surface area contributed by atoms with Crippen molar-refractivity contribution >= 4 is 17.7 Å². The second-order valence-corrected chi connectivity index (χ2v) is 6.88. The van der Waals surface area contributed by atoms with E-state index >= 15 is 0 Å². The highest BCUT2D eigenvalue weighted by Crippen LogP contribution is 2.24. The van der Waals surface area contributed by atoms with Crippen LogP contribution in [0.5, 0.6) is 5.75 Å². The largest absolute Gasteiger partial charge is 0.481 e. The second kappa shape index (κ2) is 8.33. The van der Waals surface area contributed by atoms with Gasteiger partial charge in [0.1, 0.15) is 11.6 Å². The van der Waals surface area contributed by atoms with E-state index in [-0.39, 0.29) is 17.5 Å². The molecule has 1 aliphatic rings. The normalized spacial score (nSPS) is 15.9. The maximum absolute atomic E-state index is 12.9. The monoisotopic (exact) mass is 365 g/mol. The molecule has 2 aromatic rings. The van der Waals surface area contributed by atoms with E-state index in [0.717, 1.165) is 12.8 Å². The molecule has 0 aliphatic heterocycles. The first-order valence-electron chi connectivity index (χ1n) is 8.28. The lowest BCUT2D eigenvalue weighted by molar-refractivity contribution is -0.119. The lowest BCUT2D eigenvalue weighted by atomic mass is 10.2. The van der Waals surface area contributed by atoms with Crippen molar-refractivity contribution in [1.29, 1.82) is 0 Å². The third-order valence-corrected chi connectivity index (χ3v) is 4.76. The predicted molar refractivity (Wildman–Crippen MR) is 90.9 cm³/mol. The van der Waals surface area contributed by atoms with E-state index in [9.17, 15) is 9.18 Å². The molecule has 1 heterocycles. The van der Waals surface area contributed by atoms with Crippen LogP contribution in [-0.2, 0) is 4.79 Å². The number of carbonyl (C=O) groups excluding carboxylic acids is 1. The van der Waals surface area contributed by atoms with Crippen LogP contribution in [-0.4, -0.2) is 27.9 Å². The zero-order valence-corrected chi connectivity index (χ0v) is 14.7. The van der Waals surface area contributed by atoms with Crippen molar-refractivity contribution in [1.82, 2.24) is 15.5 Å². The number of nitrogens with one attached hydrogen (secondary N) is 1. The van der Waals surface area contributed by atoms with Crippen LogP contribution in [0.2, 0.25) is 0 Å². The molecule has 1 aliphatic carbocycles. The van der Waals surface area contributed by atoms with Gasteiger partial charge in [-0.15, -0.1) is 10.2 Å². The molecule has 0 unspecified atom stereocenters. The number of nitrogens with zero attached hydrogens (tertiary/aromatic N) is 2. The molecule has 0 bridgehead atoms. The van der Waals surface area contributed by atoms with Gasteiger partial charge in [-0.1, -0.05) is 24.6 Å². The number of halogens is 1. The number of benzene rings is 1. The quantitative estimate of drug-likeness (QED) is 0.757. The Kier molecular flexibility index (Phi) is 5.91. The molecule has 1 N–H and O–H groups in total. The fourth-order valence-corrected chi connectivity index (χ4v) is 3.26. The average Bonchev–Trinajstić information content (AvgIpc) is 3.27. The maximum Gasteiger partial charge on any atom is 0.277 e. The van der Waals surface area contributed by atoms with Crippen LogP contribution in [0.15, 0.2) is 33.9 Å². The van der Waals surface area contributed by atoms with E-state index < -0.39 is 6.10 Å². The minimum atomic E-state index is -0.473. The maximum atomic E-state index is 12.9. The van der Waals surface area contributed by atoms with Crippen molar-refractivity contribution < 1.29 is 18.3 Å². The van der Waals surface area contributed by atoms with E-state index in [1.807, 2.05) is 0 Å². The van der Waals surface area contributed by atoms with E-state index in [1.165, 1.54) is 48.9 Å². The number of hydrogen-bond acceptors (Lipinski definition) is 6. The molecule has 1 aromatic heterocycles. The topological polar surface area (TPSA) is 77.2 Å². The van der Waals surface area contributed by atoms with Gasteiger partial charge in [-0.25, -0.2) is 4.39 Å². The second-order valence-electron chi connectivity index (χ2n) is 5.96. The van der Waals surface area contributed by atoms with Crippen LogP contribution in [0.25, 0.3) is 0 Å². The third-order valence-electron chi connectivity index (χ3n) is 3.94. The van der Waals surface area contributed by atoms with Gasteiger partial charge in [0, 0.05) is 6.04 Å². The molecule has 1 amide bonds. The van der Waals surface area contributed by atoms with Gasteiger partial charge in [-0.05, 0) is 44.0 Å². The van der Waals surface area contributed by atoms with Gasteiger partial charge in [-0.3, -0.25) is 4.79 Å². The number of amides is 1. The summed E-state index contributed by atoms with van der Waals surface area (Å²) in [6, 6.07) is 6.01. The number of hydrogen-bond donors (Lipinski definition) is 1. The fourth-order valence-electron chi connectivity index (χ4n) is 2.68. The van der Waals surface area contributed by atoms with Crippen LogP contribution in [0.1, 0.15) is 44.6 Å². The Hall–Kier alpha value is -2.09. The first kappa shape index (κ1) is 17.7. The van der Waals surface area contributed by atoms with Crippen LogP contribution in [0, 0.1) is 5.82 Å². The van der Waals surface area contributed by atoms with Gasteiger partial charge in [0.25, 0.3) is 11.1 Å². The Morgan fingerprint density at radius 3 is 2.80 bits per heavy atom. The number of ether oxygens (including phenoxy) is 1. The zero-order valence-electron chi connectivity index (χ0n) is 13.9. The number of rotatable bonds is 7. The summed E-state index contributed by atoms with van der Waals surface area (Å²) < 4.78 is 24.1. The highest BCUT2D eigenvalue weighted by Gasteiger charge is 2.19. The Bertz CT molecular complexity index is 701. The molecule has 8 heteroatoms. The summed E-state index contributed by atoms with van der Waals surface area (Å²) in [5, 5.41) is 11.2. The molecule has 1 saturated carbocycles. The van der Waals surface area contributed by atoms with E-state index in [4.69, 9.17) is 9.15 Å². The lowest BCUT2D eigenvalue weighted by Crippen LogP contribution is -2.33. The zero-order chi connectivity index (χ0) is 17.6. The molecule has 0 spiro atoms. The van der Waals surface area contributed by atoms with Crippen molar-refractivity contribution in [2.24, 2.45) is 0 Å². The summed E-state index contributed by atoms with van der Waals surface area (Å²) in [4.78, 5) is 11.9. The Balaban J connectivity index is 1.47. The Morgan fingerprint density at radius 2 is 2.08 bits per heavy atom. The molecule has 0 saturated heterocycles. The molecule has 1 atom stereocenters. The van der Waals surface area contributed by atoms with E-state index in [1.54, 1.807) is 6.92 Å². The van der Waals surface area contributed by atoms with Gasteiger partial charge in [0.15, 0.2) is 6.10 Å². The molecule has 1 fully saturated rings. The summed E-state index contributed by atoms with van der Waals surface area (Å²) in [7, 11) is 0. The molecule has 25 heavy (non-hydrogen) atoms. The Labute approximate surface area is 149 Å². The molecule has 134 valence electrons. The summed E-state index contributed by atoms with van der Waals surface area (Å²) >= 11 is 1.20. The highest BCUT2D eigenvalue weighted by atomic mass is 32.2. The van der Waals surface area contributed by atoms with Gasteiger partial charge >= 0.3 is 0 Å².